The molecule has 1 amide bonds. The molecule has 3 N–H and O–H groups in total. The van der Waals surface area contributed by atoms with Crippen LogP contribution in [0.4, 0.5) is 0 Å². The predicted octanol–water partition coefficient (Wildman–Crippen LogP) is 1.69. The number of nitrogens with one attached hydrogen (secondary N) is 1. The SMILES string of the molecule is Cc1nn(C)c2nc(-c3cccs3)cc(C(=O)NCCN)c12. The minimum atomic E-state index is -0.147. The molecule has 0 aliphatic heterocycles. The van der Waals surface area contributed by atoms with Crippen molar-refractivity contribution in [2.45, 2.75) is 6.92 Å². The second kappa shape index (κ2) is 5.86. The molecule has 6 nitrogen and oxygen atoms in total. The maximum absolute atomic E-state index is 12.5. The van der Waals surface area contributed by atoms with Crippen LogP contribution in [0.5, 0.6) is 0 Å². The number of amides is 1. The Morgan fingerprint density at radius 3 is 3.00 bits per heavy atom. The van der Waals surface area contributed by atoms with Crippen molar-refractivity contribution in [3.8, 4) is 10.6 Å². The number of pyridine rings is 1. The van der Waals surface area contributed by atoms with E-state index in [2.05, 4.69) is 15.4 Å². The van der Waals surface area contributed by atoms with E-state index in [0.29, 0.717) is 24.3 Å². The van der Waals surface area contributed by atoms with Gasteiger partial charge in [0.1, 0.15) is 0 Å². The van der Waals surface area contributed by atoms with Crippen LogP contribution in [0.15, 0.2) is 23.6 Å². The molecule has 0 spiro atoms. The predicted molar refractivity (Wildman–Crippen MR) is 87.9 cm³/mol. The van der Waals surface area contributed by atoms with Crippen molar-refractivity contribution in [3.05, 3.63) is 34.8 Å². The summed E-state index contributed by atoms with van der Waals surface area (Å²) in [5, 5.41) is 9.99. The summed E-state index contributed by atoms with van der Waals surface area (Å²) in [5.41, 5.74) is 8.34. The maximum atomic E-state index is 12.5. The number of rotatable bonds is 4. The molecular weight excluding hydrogens is 298 g/mol. The molecule has 0 aliphatic carbocycles. The summed E-state index contributed by atoms with van der Waals surface area (Å²) >= 11 is 1.59. The van der Waals surface area contributed by atoms with Gasteiger partial charge in [-0.05, 0) is 24.4 Å². The average Bonchev–Trinajstić information content (AvgIpc) is 3.13. The van der Waals surface area contributed by atoms with Crippen molar-refractivity contribution >= 4 is 28.3 Å². The quantitative estimate of drug-likeness (QED) is 0.767. The zero-order valence-electron chi connectivity index (χ0n) is 12.5. The summed E-state index contributed by atoms with van der Waals surface area (Å²) in [5.74, 6) is -0.147. The molecule has 0 saturated carbocycles. The van der Waals surface area contributed by atoms with Gasteiger partial charge in [0.05, 0.1) is 27.2 Å². The molecule has 0 fully saturated rings. The van der Waals surface area contributed by atoms with Crippen LogP contribution in [0.2, 0.25) is 0 Å². The summed E-state index contributed by atoms with van der Waals surface area (Å²) in [7, 11) is 1.84. The normalized spacial score (nSPS) is 11.0. The Bertz CT molecular complexity index is 822. The van der Waals surface area contributed by atoms with Crippen LogP contribution in [-0.4, -0.2) is 33.8 Å². The summed E-state index contributed by atoms with van der Waals surface area (Å²) in [4.78, 5) is 18.2. The molecule has 114 valence electrons. The molecule has 0 unspecified atom stereocenters. The van der Waals surface area contributed by atoms with Gasteiger partial charge in [-0.25, -0.2) is 4.98 Å². The van der Waals surface area contributed by atoms with Crippen molar-refractivity contribution in [2.24, 2.45) is 12.8 Å². The first-order valence-corrected chi connectivity index (χ1v) is 7.86. The highest BCUT2D eigenvalue weighted by molar-refractivity contribution is 7.13. The second-order valence-corrected chi connectivity index (χ2v) is 5.93. The zero-order chi connectivity index (χ0) is 15.7. The molecule has 3 aromatic heterocycles. The fourth-order valence-corrected chi connectivity index (χ4v) is 3.14. The first-order chi connectivity index (χ1) is 10.6. The van der Waals surface area contributed by atoms with Gasteiger partial charge in [-0.15, -0.1) is 11.3 Å². The van der Waals surface area contributed by atoms with E-state index in [9.17, 15) is 4.79 Å². The summed E-state index contributed by atoms with van der Waals surface area (Å²) in [6, 6.07) is 5.78. The van der Waals surface area contributed by atoms with Gasteiger partial charge in [-0.2, -0.15) is 5.10 Å². The second-order valence-electron chi connectivity index (χ2n) is 4.98. The summed E-state index contributed by atoms with van der Waals surface area (Å²) in [6.07, 6.45) is 0. The van der Waals surface area contributed by atoms with Gasteiger partial charge in [0.2, 0.25) is 0 Å². The van der Waals surface area contributed by atoms with E-state index in [1.54, 1.807) is 16.0 Å². The largest absolute Gasteiger partial charge is 0.351 e. The Morgan fingerprint density at radius 2 is 2.32 bits per heavy atom. The third kappa shape index (κ3) is 2.49. The Hall–Kier alpha value is -2.25. The molecule has 7 heteroatoms. The van der Waals surface area contributed by atoms with Gasteiger partial charge in [0.25, 0.3) is 5.91 Å². The zero-order valence-corrected chi connectivity index (χ0v) is 13.3. The smallest absolute Gasteiger partial charge is 0.252 e. The lowest BCUT2D eigenvalue weighted by molar-refractivity contribution is 0.0956. The Labute approximate surface area is 132 Å². The van der Waals surface area contributed by atoms with Crippen LogP contribution >= 0.6 is 11.3 Å². The van der Waals surface area contributed by atoms with Crippen LogP contribution in [-0.2, 0) is 7.05 Å². The van der Waals surface area contributed by atoms with Gasteiger partial charge >= 0.3 is 0 Å². The Balaban J connectivity index is 2.21. The number of carbonyl (C=O) groups is 1. The standard InChI is InChI=1S/C15H17N5OS/c1-9-13-10(15(21)17-6-5-16)8-11(12-4-3-7-22-12)18-14(13)20(2)19-9/h3-4,7-8H,5-6,16H2,1-2H3,(H,17,21). The molecule has 0 bridgehead atoms. The maximum Gasteiger partial charge on any atom is 0.252 e. The van der Waals surface area contributed by atoms with Crippen LogP contribution < -0.4 is 11.1 Å². The third-order valence-corrected chi connectivity index (χ3v) is 4.31. The first kappa shape index (κ1) is 14.7. The monoisotopic (exact) mass is 315 g/mol. The number of hydrogen-bond acceptors (Lipinski definition) is 5. The van der Waals surface area contributed by atoms with E-state index in [0.717, 1.165) is 21.7 Å². The van der Waals surface area contributed by atoms with Gasteiger partial charge in [-0.1, -0.05) is 6.07 Å². The molecule has 0 aliphatic rings. The average molecular weight is 315 g/mol. The van der Waals surface area contributed by atoms with E-state index >= 15 is 0 Å². The minimum Gasteiger partial charge on any atom is -0.351 e. The van der Waals surface area contributed by atoms with Crippen LogP contribution in [0.3, 0.4) is 0 Å². The number of fused-ring (bicyclic) bond motifs is 1. The molecule has 3 aromatic rings. The molecule has 0 saturated heterocycles. The topological polar surface area (TPSA) is 85.8 Å². The lowest BCUT2D eigenvalue weighted by atomic mass is 10.1. The lowest BCUT2D eigenvalue weighted by Crippen LogP contribution is -2.29. The summed E-state index contributed by atoms with van der Waals surface area (Å²) in [6.45, 7) is 2.73. The third-order valence-electron chi connectivity index (χ3n) is 3.42. The van der Waals surface area contributed by atoms with Crippen molar-refractivity contribution in [2.75, 3.05) is 13.1 Å². The van der Waals surface area contributed by atoms with E-state index in [-0.39, 0.29) is 5.91 Å². The molecule has 0 atom stereocenters. The van der Waals surface area contributed by atoms with E-state index in [4.69, 9.17) is 5.73 Å². The number of hydrogen-bond donors (Lipinski definition) is 2. The first-order valence-electron chi connectivity index (χ1n) is 6.98. The minimum absolute atomic E-state index is 0.147. The van der Waals surface area contributed by atoms with Crippen LogP contribution in [0.1, 0.15) is 16.1 Å². The van der Waals surface area contributed by atoms with Crippen LogP contribution in [0.25, 0.3) is 21.6 Å². The molecule has 22 heavy (non-hydrogen) atoms. The number of nitrogens with two attached hydrogens (primary N) is 1. The number of nitrogens with zero attached hydrogens (tertiary/aromatic N) is 3. The number of thiophene rings is 1. The van der Waals surface area contributed by atoms with Crippen molar-refractivity contribution in [1.29, 1.82) is 0 Å². The molecule has 3 rings (SSSR count). The van der Waals surface area contributed by atoms with Gasteiger partial charge in [0.15, 0.2) is 5.65 Å². The lowest BCUT2D eigenvalue weighted by Gasteiger charge is -2.08. The Kier molecular flexibility index (Phi) is 3.91. The van der Waals surface area contributed by atoms with E-state index in [1.807, 2.05) is 37.6 Å². The van der Waals surface area contributed by atoms with Gasteiger partial charge in [-0.3, -0.25) is 9.48 Å². The van der Waals surface area contributed by atoms with E-state index < -0.39 is 0 Å². The highest BCUT2D eigenvalue weighted by atomic mass is 32.1. The summed E-state index contributed by atoms with van der Waals surface area (Å²) < 4.78 is 1.71. The number of aromatic nitrogens is 3. The van der Waals surface area contributed by atoms with Crippen molar-refractivity contribution < 1.29 is 4.79 Å². The van der Waals surface area contributed by atoms with Gasteiger partial charge < -0.3 is 11.1 Å². The Morgan fingerprint density at radius 1 is 1.50 bits per heavy atom. The fourth-order valence-electron chi connectivity index (χ4n) is 2.46. The number of aryl methyl sites for hydroxylation is 2. The molecule has 0 aromatic carbocycles. The molecular formula is C15H17N5OS. The van der Waals surface area contributed by atoms with Crippen LogP contribution in [0, 0.1) is 6.92 Å². The highest BCUT2D eigenvalue weighted by Gasteiger charge is 2.19. The van der Waals surface area contributed by atoms with Gasteiger partial charge in [0, 0.05) is 20.1 Å². The van der Waals surface area contributed by atoms with Crippen molar-refractivity contribution in [3.63, 3.8) is 0 Å². The molecule has 3 heterocycles. The van der Waals surface area contributed by atoms with Crippen molar-refractivity contribution in [1.82, 2.24) is 20.1 Å². The number of carbonyl (C=O) groups excluding carboxylic acids is 1. The molecule has 0 radical (unpaired) electrons. The highest BCUT2D eigenvalue weighted by Crippen LogP contribution is 2.29. The fraction of sp³-hybridized carbons (Fsp3) is 0.267. The van der Waals surface area contributed by atoms with E-state index in [1.165, 1.54) is 0 Å².